The number of nitrogens with zero attached hydrogens (tertiary/aromatic N) is 2. The van der Waals surface area contributed by atoms with Gasteiger partial charge in [0.05, 0.1) is 0 Å². The number of rotatable bonds is 7. The third-order valence-corrected chi connectivity index (χ3v) is 4.44. The number of nitrogens with one attached hydrogen (secondary N) is 2. The van der Waals surface area contributed by atoms with E-state index in [1.54, 1.807) is 25.2 Å². The van der Waals surface area contributed by atoms with Crippen LogP contribution in [0.15, 0.2) is 65.7 Å². The molecular formula is C21H24F2N4O. The van der Waals surface area contributed by atoms with Crippen LogP contribution in [0.4, 0.5) is 14.5 Å². The summed E-state index contributed by atoms with van der Waals surface area (Å²) in [6.07, 6.45) is 4.32. The Bertz CT molecular complexity index is 813. The van der Waals surface area contributed by atoms with Gasteiger partial charge in [0, 0.05) is 44.5 Å². The van der Waals surface area contributed by atoms with Gasteiger partial charge in [0.2, 0.25) is 0 Å². The van der Waals surface area contributed by atoms with Crippen LogP contribution in [-0.2, 0) is 13.1 Å². The number of hydrogen-bond acceptors (Lipinski definition) is 3. The molecule has 0 aromatic heterocycles. The van der Waals surface area contributed by atoms with Crippen LogP contribution in [0.1, 0.15) is 11.1 Å². The number of halogens is 2. The molecule has 0 fully saturated rings. The summed E-state index contributed by atoms with van der Waals surface area (Å²) in [6.45, 7) is -0.0231. The predicted octanol–water partition coefficient (Wildman–Crippen LogP) is 3.53. The first kappa shape index (κ1) is 19.7. The summed E-state index contributed by atoms with van der Waals surface area (Å²) in [7, 11) is 1.67. The van der Waals surface area contributed by atoms with Gasteiger partial charge in [-0.05, 0) is 23.8 Å². The van der Waals surface area contributed by atoms with E-state index in [2.05, 4.69) is 61.7 Å². The Kier molecular flexibility index (Phi) is 6.84. The molecule has 1 heterocycles. The zero-order valence-corrected chi connectivity index (χ0v) is 15.7. The van der Waals surface area contributed by atoms with Crippen molar-refractivity contribution in [2.24, 2.45) is 4.99 Å². The molecule has 0 saturated carbocycles. The number of aliphatic imine (C=N–C) groups is 1. The van der Waals surface area contributed by atoms with Crippen molar-refractivity contribution in [3.8, 4) is 5.75 Å². The fourth-order valence-corrected chi connectivity index (χ4v) is 2.96. The van der Waals surface area contributed by atoms with Crippen LogP contribution >= 0.6 is 0 Å². The summed E-state index contributed by atoms with van der Waals surface area (Å²) in [5.41, 5.74) is 2.96. The zero-order chi connectivity index (χ0) is 19.8. The van der Waals surface area contributed by atoms with Crippen molar-refractivity contribution >= 4 is 11.6 Å². The maximum atomic E-state index is 12.5. The normalized spacial score (nSPS) is 13.9. The van der Waals surface area contributed by atoms with E-state index in [-0.39, 0.29) is 5.75 Å². The third-order valence-electron chi connectivity index (χ3n) is 4.44. The van der Waals surface area contributed by atoms with Gasteiger partial charge in [-0.25, -0.2) is 0 Å². The molecule has 1 aliphatic heterocycles. The second-order valence-electron chi connectivity index (χ2n) is 6.31. The second kappa shape index (κ2) is 9.73. The number of ether oxygens (including phenoxy) is 1. The molecular weight excluding hydrogens is 362 g/mol. The van der Waals surface area contributed by atoms with Crippen molar-refractivity contribution < 1.29 is 13.5 Å². The van der Waals surface area contributed by atoms with Gasteiger partial charge < -0.3 is 20.3 Å². The van der Waals surface area contributed by atoms with E-state index in [9.17, 15) is 8.78 Å². The van der Waals surface area contributed by atoms with E-state index < -0.39 is 6.61 Å². The van der Waals surface area contributed by atoms with Gasteiger partial charge in [0.25, 0.3) is 0 Å². The van der Waals surface area contributed by atoms with Crippen molar-refractivity contribution in [1.82, 2.24) is 10.6 Å². The molecule has 0 bridgehead atoms. The van der Waals surface area contributed by atoms with Gasteiger partial charge >= 0.3 is 6.61 Å². The monoisotopic (exact) mass is 386 g/mol. The first-order valence-corrected chi connectivity index (χ1v) is 9.12. The fourth-order valence-electron chi connectivity index (χ4n) is 2.96. The molecule has 0 aliphatic carbocycles. The molecule has 0 radical (unpaired) electrons. The summed E-state index contributed by atoms with van der Waals surface area (Å²) in [5.74, 6) is 0.743. The van der Waals surface area contributed by atoms with Gasteiger partial charge in [-0.2, -0.15) is 8.78 Å². The lowest BCUT2D eigenvalue weighted by Crippen LogP contribution is -2.36. The molecule has 0 saturated heterocycles. The maximum absolute atomic E-state index is 12.5. The Hall–Kier alpha value is -3.09. The molecule has 7 heteroatoms. The Labute approximate surface area is 163 Å². The van der Waals surface area contributed by atoms with Crippen molar-refractivity contribution in [1.29, 1.82) is 0 Å². The number of benzene rings is 2. The van der Waals surface area contributed by atoms with E-state index in [1.807, 2.05) is 0 Å². The molecule has 0 atom stereocenters. The Morgan fingerprint density at radius 2 is 1.71 bits per heavy atom. The summed E-state index contributed by atoms with van der Waals surface area (Å²) in [6, 6.07) is 15.1. The molecule has 2 aromatic carbocycles. The SMILES string of the molecule is CN=C(NCc1ccc(N2CC=CC2)cc1)NCc1ccccc1OC(F)F. The summed E-state index contributed by atoms with van der Waals surface area (Å²) < 4.78 is 29.6. The van der Waals surface area contributed by atoms with Gasteiger partial charge in [-0.3, -0.25) is 4.99 Å². The standard InChI is InChI=1S/C21H24F2N4O/c1-24-21(26-15-17-6-2-3-7-19(17)28-20(22)23)25-14-16-8-10-18(11-9-16)27-12-4-5-13-27/h2-11,20H,12-15H2,1H3,(H2,24,25,26). The highest BCUT2D eigenvalue weighted by Gasteiger charge is 2.10. The molecule has 28 heavy (non-hydrogen) atoms. The molecule has 0 amide bonds. The molecule has 2 N–H and O–H groups in total. The molecule has 0 unspecified atom stereocenters. The molecule has 5 nitrogen and oxygen atoms in total. The lowest BCUT2D eigenvalue weighted by molar-refractivity contribution is -0.0504. The van der Waals surface area contributed by atoms with Crippen LogP contribution in [0.2, 0.25) is 0 Å². The highest BCUT2D eigenvalue weighted by molar-refractivity contribution is 5.79. The predicted molar refractivity (Wildman–Crippen MR) is 108 cm³/mol. The van der Waals surface area contributed by atoms with Crippen molar-refractivity contribution in [3.63, 3.8) is 0 Å². The number of alkyl halides is 2. The first-order valence-electron chi connectivity index (χ1n) is 9.12. The maximum Gasteiger partial charge on any atom is 0.387 e. The van der Waals surface area contributed by atoms with Gasteiger partial charge in [0.1, 0.15) is 5.75 Å². The molecule has 148 valence electrons. The summed E-state index contributed by atoms with van der Waals surface area (Å²) in [4.78, 5) is 6.47. The second-order valence-corrected chi connectivity index (χ2v) is 6.31. The minimum atomic E-state index is -2.85. The Morgan fingerprint density at radius 1 is 1.04 bits per heavy atom. The summed E-state index contributed by atoms with van der Waals surface area (Å²) >= 11 is 0. The topological polar surface area (TPSA) is 48.9 Å². The highest BCUT2D eigenvalue weighted by Crippen LogP contribution is 2.20. The fraction of sp³-hybridized carbons (Fsp3) is 0.286. The average Bonchev–Trinajstić information content (AvgIpc) is 3.24. The van der Waals surface area contributed by atoms with Crippen LogP contribution < -0.4 is 20.3 Å². The van der Waals surface area contributed by atoms with Gasteiger partial charge in [-0.15, -0.1) is 0 Å². The number of anilines is 1. The Morgan fingerprint density at radius 3 is 2.39 bits per heavy atom. The van der Waals surface area contributed by atoms with E-state index in [4.69, 9.17) is 0 Å². The minimum Gasteiger partial charge on any atom is -0.434 e. The van der Waals surface area contributed by atoms with Crippen LogP contribution in [0.25, 0.3) is 0 Å². The lowest BCUT2D eigenvalue weighted by Gasteiger charge is -2.18. The van der Waals surface area contributed by atoms with E-state index in [0.29, 0.717) is 24.6 Å². The zero-order valence-electron chi connectivity index (χ0n) is 15.7. The average molecular weight is 386 g/mol. The number of para-hydroxylation sites is 1. The van der Waals surface area contributed by atoms with Crippen molar-refractivity contribution in [2.75, 3.05) is 25.0 Å². The molecule has 2 aromatic rings. The first-order chi connectivity index (χ1) is 13.7. The van der Waals surface area contributed by atoms with Crippen LogP contribution in [0.3, 0.4) is 0 Å². The molecule has 1 aliphatic rings. The van der Waals surface area contributed by atoms with Crippen LogP contribution in [0, 0.1) is 0 Å². The van der Waals surface area contributed by atoms with E-state index in [0.717, 1.165) is 18.7 Å². The minimum absolute atomic E-state index is 0.160. The molecule has 3 rings (SSSR count). The lowest BCUT2D eigenvalue weighted by atomic mass is 10.2. The smallest absolute Gasteiger partial charge is 0.387 e. The Balaban J connectivity index is 1.51. The third kappa shape index (κ3) is 5.45. The highest BCUT2D eigenvalue weighted by atomic mass is 19.3. The van der Waals surface area contributed by atoms with Gasteiger partial charge in [0.15, 0.2) is 5.96 Å². The molecule has 0 spiro atoms. The van der Waals surface area contributed by atoms with Crippen LogP contribution in [0.5, 0.6) is 5.75 Å². The van der Waals surface area contributed by atoms with Crippen molar-refractivity contribution in [3.05, 3.63) is 71.8 Å². The van der Waals surface area contributed by atoms with Crippen LogP contribution in [-0.4, -0.2) is 32.7 Å². The number of guanidine groups is 1. The quantitative estimate of drug-likeness (QED) is 0.434. The van der Waals surface area contributed by atoms with E-state index >= 15 is 0 Å². The van der Waals surface area contributed by atoms with Crippen molar-refractivity contribution in [2.45, 2.75) is 19.7 Å². The van der Waals surface area contributed by atoms with E-state index in [1.165, 1.54) is 11.8 Å². The summed E-state index contributed by atoms with van der Waals surface area (Å²) in [5, 5.41) is 6.35. The van der Waals surface area contributed by atoms with Gasteiger partial charge in [-0.1, -0.05) is 42.5 Å². The number of hydrogen-bond donors (Lipinski definition) is 2. The largest absolute Gasteiger partial charge is 0.434 e.